The first kappa shape index (κ1) is 24.6. The zero-order chi connectivity index (χ0) is 23.7. The SMILES string of the molecule is COC(=O)c1nc2n(c(=O)c1OS(C)(=O)=O)[C@@H](C)CCC[C@@H]2N(C)C(=O)OC(C)(C)C. The molecule has 11 nitrogen and oxygen atoms in total. The van der Waals surface area contributed by atoms with Crippen LogP contribution in [-0.4, -0.2) is 60.9 Å². The van der Waals surface area contributed by atoms with Gasteiger partial charge in [-0.2, -0.15) is 8.42 Å². The van der Waals surface area contributed by atoms with Crippen molar-refractivity contribution >= 4 is 22.2 Å². The average Bonchev–Trinajstić information content (AvgIpc) is 2.79. The van der Waals surface area contributed by atoms with Crippen molar-refractivity contribution in [3.63, 3.8) is 0 Å². The maximum Gasteiger partial charge on any atom is 0.410 e. The minimum Gasteiger partial charge on any atom is -0.464 e. The van der Waals surface area contributed by atoms with Crippen molar-refractivity contribution in [3.05, 3.63) is 21.9 Å². The van der Waals surface area contributed by atoms with Gasteiger partial charge in [-0.15, -0.1) is 0 Å². The number of carbonyl (C=O) groups is 2. The lowest BCUT2D eigenvalue weighted by atomic mass is 10.1. The predicted octanol–water partition coefficient (Wildman–Crippen LogP) is 2.02. The molecule has 0 fully saturated rings. The van der Waals surface area contributed by atoms with Gasteiger partial charge in [-0.1, -0.05) is 0 Å². The summed E-state index contributed by atoms with van der Waals surface area (Å²) in [5.74, 6) is -1.63. The van der Waals surface area contributed by atoms with Crippen LogP contribution >= 0.6 is 0 Å². The van der Waals surface area contributed by atoms with Gasteiger partial charge in [0, 0.05) is 13.1 Å². The van der Waals surface area contributed by atoms with E-state index in [2.05, 4.69) is 9.72 Å². The third-order valence-corrected chi connectivity index (χ3v) is 5.17. The first-order valence-corrected chi connectivity index (χ1v) is 11.6. The van der Waals surface area contributed by atoms with Gasteiger partial charge < -0.3 is 18.6 Å². The van der Waals surface area contributed by atoms with E-state index in [9.17, 15) is 22.8 Å². The Bertz CT molecular complexity index is 1030. The van der Waals surface area contributed by atoms with Crippen LogP contribution in [0.15, 0.2) is 4.79 Å². The van der Waals surface area contributed by atoms with E-state index in [1.165, 1.54) is 16.5 Å². The number of amides is 1. The number of fused-ring (bicyclic) bond motifs is 1. The molecule has 1 aromatic rings. The Morgan fingerprint density at radius 2 is 1.84 bits per heavy atom. The molecule has 12 heteroatoms. The van der Waals surface area contributed by atoms with Gasteiger partial charge in [-0.3, -0.25) is 9.36 Å². The zero-order valence-electron chi connectivity index (χ0n) is 18.8. The number of ether oxygens (including phenoxy) is 2. The van der Waals surface area contributed by atoms with Crippen LogP contribution in [0.1, 0.15) is 75.4 Å². The topological polar surface area (TPSA) is 134 Å². The monoisotopic (exact) mass is 459 g/mol. The highest BCUT2D eigenvalue weighted by atomic mass is 32.2. The van der Waals surface area contributed by atoms with E-state index in [0.29, 0.717) is 19.3 Å². The second-order valence-electron chi connectivity index (χ2n) is 8.49. The van der Waals surface area contributed by atoms with Gasteiger partial charge in [0.25, 0.3) is 5.56 Å². The third kappa shape index (κ3) is 5.75. The van der Waals surface area contributed by atoms with Crippen molar-refractivity contribution in [2.24, 2.45) is 0 Å². The molecule has 0 aromatic carbocycles. The minimum absolute atomic E-state index is 0.129. The van der Waals surface area contributed by atoms with E-state index < -0.39 is 50.8 Å². The highest BCUT2D eigenvalue weighted by molar-refractivity contribution is 7.86. The predicted molar refractivity (Wildman–Crippen MR) is 111 cm³/mol. The van der Waals surface area contributed by atoms with E-state index in [0.717, 1.165) is 13.4 Å². The lowest BCUT2D eigenvalue weighted by molar-refractivity contribution is 0.0202. The van der Waals surface area contributed by atoms with Crippen molar-refractivity contribution < 1.29 is 31.7 Å². The summed E-state index contributed by atoms with van der Waals surface area (Å²) in [6.45, 7) is 6.96. The quantitative estimate of drug-likeness (QED) is 0.489. The number of nitrogens with zero attached hydrogens (tertiary/aromatic N) is 3. The van der Waals surface area contributed by atoms with Crippen LogP contribution in [0.2, 0.25) is 0 Å². The lowest BCUT2D eigenvalue weighted by Gasteiger charge is -2.31. The highest BCUT2D eigenvalue weighted by Crippen LogP contribution is 2.33. The number of carbonyl (C=O) groups excluding carboxylic acids is 2. The van der Waals surface area contributed by atoms with Crippen LogP contribution in [0.4, 0.5) is 4.79 Å². The second-order valence-corrected chi connectivity index (χ2v) is 10.1. The van der Waals surface area contributed by atoms with Crippen molar-refractivity contribution in [1.82, 2.24) is 14.5 Å². The van der Waals surface area contributed by atoms with Gasteiger partial charge in [0.15, 0.2) is 5.69 Å². The molecule has 2 atom stereocenters. The van der Waals surface area contributed by atoms with E-state index in [1.807, 2.05) is 0 Å². The fraction of sp³-hybridized carbons (Fsp3) is 0.684. The molecule has 0 aliphatic carbocycles. The normalized spacial score (nSPS) is 19.1. The standard InChI is InChI=1S/C19H29N3O8S/c1-11-9-8-10-12(21(5)18(25)29-19(2,3)4)15-20-13(17(24)28-6)14(16(23)22(11)15)30-31(7,26)27/h11-12H,8-10H2,1-7H3/t11-,12-/m0/s1. The molecule has 0 radical (unpaired) electrons. The van der Waals surface area contributed by atoms with Crippen LogP contribution in [0.5, 0.6) is 5.75 Å². The molecule has 0 saturated heterocycles. The Labute approximate surface area is 181 Å². The number of esters is 1. The summed E-state index contributed by atoms with van der Waals surface area (Å²) in [6, 6.07) is -1.07. The van der Waals surface area contributed by atoms with Crippen molar-refractivity contribution in [3.8, 4) is 5.75 Å². The summed E-state index contributed by atoms with van der Waals surface area (Å²) < 4.78 is 39.6. The second kappa shape index (κ2) is 8.85. The summed E-state index contributed by atoms with van der Waals surface area (Å²) in [6.07, 6.45) is 1.82. The molecule has 2 heterocycles. The summed E-state index contributed by atoms with van der Waals surface area (Å²) in [5.41, 5.74) is -2.14. The Hall–Kier alpha value is -2.63. The molecule has 0 saturated carbocycles. The van der Waals surface area contributed by atoms with Crippen LogP contribution in [0, 0.1) is 0 Å². The van der Waals surface area contributed by atoms with E-state index in [1.54, 1.807) is 27.7 Å². The molecule has 1 aromatic heterocycles. The van der Waals surface area contributed by atoms with Crippen LogP contribution < -0.4 is 9.74 Å². The van der Waals surface area contributed by atoms with Crippen molar-refractivity contribution in [2.75, 3.05) is 20.4 Å². The Balaban J connectivity index is 2.73. The summed E-state index contributed by atoms with van der Waals surface area (Å²) in [4.78, 5) is 43.8. The van der Waals surface area contributed by atoms with Crippen molar-refractivity contribution in [2.45, 2.75) is 64.6 Å². The van der Waals surface area contributed by atoms with Gasteiger partial charge in [-0.25, -0.2) is 14.6 Å². The molecule has 0 unspecified atom stereocenters. The summed E-state index contributed by atoms with van der Waals surface area (Å²) in [7, 11) is -1.53. The maximum absolute atomic E-state index is 13.3. The van der Waals surface area contributed by atoms with E-state index in [4.69, 9.17) is 8.92 Å². The fourth-order valence-electron chi connectivity index (χ4n) is 3.35. The van der Waals surface area contributed by atoms with Crippen LogP contribution in [0.25, 0.3) is 0 Å². The van der Waals surface area contributed by atoms with Gasteiger partial charge in [0.05, 0.1) is 19.4 Å². The third-order valence-electron chi connectivity index (χ3n) is 4.70. The van der Waals surface area contributed by atoms with Gasteiger partial charge >= 0.3 is 22.2 Å². The smallest absolute Gasteiger partial charge is 0.410 e. The average molecular weight is 460 g/mol. The van der Waals surface area contributed by atoms with E-state index in [-0.39, 0.29) is 11.9 Å². The molecule has 2 rings (SSSR count). The molecule has 1 aliphatic rings. The highest BCUT2D eigenvalue weighted by Gasteiger charge is 2.36. The molecule has 0 bridgehead atoms. The molecule has 1 aliphatic heterocycles. The number of hydrogen-bond donors (Lipinski definition) is 0. The molecular weight excluding hydrogens is 430 g/mol. The first-order chi connectivity index (χ1) is 14.2. The zero-order valence-corrected chi connectivity index (χ0v) is 19.6. The molecule has 174 valence electrons. The molecule has 0 spiro atoms. The molecular formula is C19H29N3O8S. The Morgan fingerprint density at radius 1 is 1.23 bits per heavy atom. The molecule has 1 amide bonds. The lowest BCUT2D eigenvalue weighted by Crippen LogP contribution is -2.40. The fourth-order valence-corrected chi connectivity index (χ4v) is 3.80. The van der Waals surface area contributed by atoms with Crippen molar-refractivity contribution in [1.29, 1.82) is 0 Å². The van der Waals surface area contributed by atoms with Gasteiger partial charge in [0.1, 0.15) is 11.4 Å². The van der Waals surface area contributed by atoms with Gasteiger partial charge in [0.2, 0.25) is 5.75 Å². The summed E-state index contributed by atoms with van der Waals surface area (Å²) in [5, 5.41) is 0. The Kier molecular flexibility index (Phi) is 7.03. The number of methoxy groups -OCH3 is 1. The van der Waals surface area contributed by atoms with Crippen LogP contribution in [-0.2, 0) is 19.6 Å². The van der Waals surface area contributed by atoms with Crippen LogP contribution in [0.3, 0.4) is 0 Å². The number of aromatic nitrogens is 2. The Morgan fingerprint density at radius 3 is 2.35 bits per heavy atom. The molecule has 31 heavy (non-hydrogen) atoms. The van der Waals surface area contributed by atoms with Gasteiger partial charge in [-0.05, 0) is 47.0 Å². The minimum atomic E-state index is -4.13. The largest absolute Gasteiger partial charge is 0.464 e. The first-order valence-electron chi connectivity index (χ1n) is 9.76. The number of rotatable bonds is 4. The van der Waals surface area contributed by atoms with E-state index >= 15 is 0 Å². The number of hydrogen-bond acceptors (Lipinski definition) is 9. The summed E-state index contributed by atoms with van der Waals surface area (Å²) >= 11 is 0. The molecule has 0 N–H and O–H groups in total. The maximum atomic E-state index is 13.3.